The van der Waals surface area contributed by atoms with Gasteiger partial charge in [-0.15, -0.1) is 0 Å². The number of hydrogen-bond donors (Lipinski definition) is 2. The monoisotopic (exact) mass is 268 g/mol. The van der Waals surface area contributed by atoms with Crippen molar-refractivity contribution < 1.29 is 9.50 Å². The molecule has 0 radical (unpaired) electrons. The highest BCUT2D eigenvalue weighted by molar-refractivity contribution is 7.80. The third-order valence-corrected chi connectivity index (χ3v) is 3.49. The van der Waals surface area contributed by atoms with Gasteiger partial charge in [-0.05, 0) is 31.5 Å². The number of hydrogen-bond acceptors (Lipinski definition) is 3. The molecule has 1 fully saturated rings. The molecule has 0 bridgehead atoms. The van der Waals surface area contributed by atoms with Crippen molar-refractivity contribution >= 4 is 17.2 Å². The first-order valence-corrected chi connectivity index (χ1v) is 6.31. The van der Waals surface area contributed by atoms with Crippen molar-refractivity contribution in [2.45, 2.75) is 25.5 Å². The predicted octanol–water partition coefficient (Wildman–Crippen LogP) is 1.42. The van der Waals surface area contributed by atoms with Crippen molar-refractivity contribution in [1.82, 2.24) is 4.90 Å². The quantitative estimate of drug-likeness (QED) is 0.814. The first-order valence-electron chi connectivity index (χ1n) is 5.90. The Kier molecular flexibility index (Phi) is 3.66. The Balaban J connectivity index is 2.14. The van der Waals surface area contributed by atoms with Gasteiger partial charge in [-0.1, -0.05) is 12.2 Å². The molecule has 1 aliphatic heterocycles. The maximum Gasteiger partial charge on any atom is 0.127 e. The average molecular weight is 268 g/mol. The molecule has 3 nitrogen and oxygen atoms in total. The van der Waals surface area contributed by atoms with E-state index < -0.39 is 5.60 Å². The van der Waals surface area contributed by atoms with Gasteiger partial charge in [0.05, 0.1) is 5.60 Å². The van der Waals surface area contributed by atoms with Gasteiger partial charge in [-0.3, -0.25) is 4.90 Å². The fourth-order valence-corrected chi connectivity index (χ4v) is 2.39. The highest BCUT2D eigenvalue weighted by Gasteiger charge is 2.31. The van der Waals surface area contributed by atoms with Gasteiger partial charge in [0, 0.05) is 30.8 Å². The van der Waals surface area contributed by atoms with Crippen molar-refractivity contribution in [3.8, 4) is 0 Å². The summed E-state index contributed by atoms with van der Waals surface area (Å²) in [6, 6.07) is 4.66. The lowest BCUT2D eigenvalue weighted by Crippen LogP contribution is -2.29. The zero-order chi connectivity index (χ0) is 13.3. The van der Waals surface area contributed by atoms with Gasteiger partial charge in [0.15, 0.2) is 0 Å². The maximum atomic E-state index is 13.7. The molecular weight excluding hydrogens is 251 g/mol. The molecule has 1 aromatic rings. The molecule has 18 heavy (non-hydrogen) atoms. The molecule has 5 heteroatoms. The van der Waals surface area contributed by atoms with Crippen LogP contribution in [0.15, 0.2) is 18.2 Å². The lowest BCUT2D eigenvalue weighted by molar-refractivity contribution is 0.0677. The number of β-amino-alcohol motifs (C(OH)–C–C–N with tert-alkyl or cyclic N) is 1. The molecule has 1 saturated heterocycles. The predicted molar refractivity (Wildman–Crippen MR) is 72.8 cm³/mol. The van der Waals surface area contributed by atoms with Crippen LogP contribution in [0.5, 0.6) is 0 Å². The van der Waals surface area contributed by atoms with Gasteiger partial charge >= 0.3 is 0 Å². The van der Waals surface area contributed by atoms with E-state index in [0.29, 0.717) is 30.6 Å². The largest absolute Gasteiger partial charge is 0.389 e. The van der Waals surface area contributed by atoms with Crippen molar-refractivity contribution in [3.63, 3.8) is 0 Å². The molecule has 0 saturated carbocycles. The summed E-state index contributed by atoms with van der Waals surface area (Å²) in [4.78, 5) is 2.30. The van der Waals surface area contributed by atoms with Crippen molar-refractivity contribution in [3.05, 3.63) is 35.1 Å². The molecule has 0 spiro atoms. The molecular formula is C13H17FN2OS. The standard InChI is InChI=1S/C13H17FN2OS/c1-13(17)4-5-16(8-13)7-10-6-9(12(15)18)2-3-11(10)14/h2-3,6,17H,4-5,7-8H2,1H3,(H2,15,18). The highest BCUT2D eigenvalue weighted by atomic mass is 32.1. The van der Waals surface area contributed by atoms with Gasteiger partial charge in [0.25, 0.3) is 0 Å². The Hall–Kier alpha value is -1.04. The van der Waals surface area contributed by atoms with Crippen LogP contribution in [-0.2, 0) is 6.54 Å². The SMILES string of the molecule is CC1(O)CCN(Cc2cc(C(N)=S)ccc2F)C1. The zero-order valence-corrected chi connectivity index (χ0v) is 11.1. The molecule has 1 heterocycles. The topological polar surface area (TPSA) is 49.5 Å². The summed E-state index contributed by atoms with van der Waals surface area (Å²) >= 11 is 4.89. The summed E-state index contributed by atoms with van der Waals surface area (Å²) in [7, 11) is 0. The van der Waals surface area contributed by atoms with E-state index in [4.69, 9.17) is 18.0 Å². The fourth-order valence-electron chi connectivity index (χ4n) is 2.26. The minimum absolute atomic E-state index is 0.262. The normalized spacial score (nSPS) is 24.4. The van der Waals surface area contributed by atoms with E-state index in [-0.39, 0.29) is 10.8 Å². The van der Waals surface area contributed by atoms with Gasteiger partial charge < -0.3 is 10.8 Å². The molecule has 3 N–H and O–H groups in total. The van der Waals surface area contributed by atoms with E-state index in [1.807, 2.05) is 4.90 Å². The van der Waals surface area contributed by atoms with Crippen LogP contribution in [0.1, 0.15) is 24.5 Å². The summed E-state index contributed by atoms with van der Waals surface area (Å²) < 4.78 is 13.7. The van der Waals surface area contributed by atoms with Crippen LogP contribution < -0.4 is 5.73 Å². The maximum absolute atomic E-state index is 13.7. The summed E-state index contributed by atoms with van der Waals surface area (Å²) in [6.45, 7) is 3.60. The molecule has 1 unspecified atom stereocenters. The average Bonchev–Trinajstić information content (AvgIpc) is 2.61. The summed E-state index contributed by atoms with van der Waals surface area (Å²) in [5, 5.41) is 9.88. The van der Waals surface area contributed by atoms with Crippen molar-refractivity contribution in [2.24, 2.45) is 5.73 Å². The summed E-state index contributed by atoms with van der Waals surface area (Å²) in [5.41, 5.74) is 6.11. The van der Waals surface area contributed by atoms with E-state index in [0.717, 1.165) is 6.54 Å². The third-order valence-electron chi connectivity index (χ3n) is 3.26. The van der Waals surface area contributed by atoms with Gasteiger partial charge in [-0.25, -0.2) is 4.39 Å². The Labute approximate surface area is 111 Å². The number of nitrogens with zero attached hydrogens (tertiary/aromatic N) is 1. The Morgan fingerprint density at radius 1 is 1.61 bits per heavy atom. The first kappa shape index (κ1) is 13.4. The highest BCUT2D eigenvalue weighted by Crippen LogP contribution is 2.23. The smallest absolute Gasteiger partial charge is 0.127 e. The zero-order valence-electron chi connectivity index (χ0n) is 10.3. The van der Waals surface area contributed by atoms with Crippen LogP contribution in [0.25, 0.3) is 0 Å². The van der Waals surface area contributed by atoms with E-state index >= 15 is 0 Å². The molecule has 0 aliphatic carbocycles. The Morgan fingerprint density at radius 3 is 2.89 bits per heavy atom. The number of benzene rings is 1. The number of rotatable bonds is 3. The Bertz CT molecular complexity index is 476. The van der Waals surface area contributed by atoms with Gasteiger partial charge in [-0.2, -0.15) is 0 Å². The molecule has 0 aromatic heterocycles. The lowest BCUT2D eigenvalue weighted by atomic mass is 10.1. The Morgan fingerprint density at radius 2 is 2.33 bits per heavy atom. The van der Waals surface area contributed by atoms with Crippen LogP contribution in [0.3, 0.4) is 0 Å². The van der Waals surface area contributed by atoms with Crippen LogP contribution in [0.2, 0.25) is 0 Å². The number of nitrogens with two attached hydrogens (primary N) is 1. The van der Waals surface area contributed by atoms with Gasteiger partial charge in [0.2, 0.25) is 0 Å². The number of halogens is 1. The van der Waals surface area contributed by atoms with E-state index in [9.17, 15) is 9.50 Å². The van der Waals surface area contributed by atoms with Crippen LogP contribution in [0.4, 0.5) is 4.39 Å². The summed E-state index contributed by atoms with van der Waals surface area (Å²) in [5.74, 6) is -0.262. The van der Waals surface area contributed by atoms with Crippen LogP contribution >= 0.6 is 12.2 Å². The molecule has 1 aromatic carbocycles. The van der Waals surface area contributed by atoms with Crippen molar-refractivity contribution in [1.29, 1.82) is 0 Å². The van der Waals surface area contributed by atoms with E-state index in [1.165, 1.54) is 6.07 Å². The van der Waals surface area contributed by atoms with Gasteiger partial charge in [0.1, 0.15) is 10.8 Å². The number of likely N-dealkylation sites (tertiary alicyclic amines) is 1. The van der Waals surface area contributed by atoms with E-state index in [1.54, 1.807) is 19.1 Å². The molecule has 0 amide bonds. The first-order chi connectivity index (χ1) is 8.37. The third kappa shape index (κ3) is 3.04. The molecule has 1 aliphatic rings. The second-order valence-electron chi connectivity index (χ2n) is 5.13. The minimum Gasteiger partial charge on any atom is -0.389 e. The summed E-state index contributed by atoms with van der Waals surface area (Å²) in [6.07, 6.45) is 0.712. The molecule has 1 atom stereocenters. The number of aliphatic hydroxyl groups is 1. The van der Waals surface area contributed by atoms with Crippen LogP contribution in [-0.4, -0.2) is 33.7 Å². The lowest BCUT2D eigenvalue weighted by Gasteiger charge is -2.19. The second kappa shape index (κ2) is 4.91. The molecule has 2 rings (SSSR count). The number of thiocarbonyl (C=S) groups is 1. The van der Waals surface area contributed by atoms with Crippen molar-refractivity contribution in [2.75, 3.05) is 13.1 Å². The molecule has 98 valence electrons. The van der Waals surface area contributed by atoms with Crippen LogP contribution in [0, 0.1) is 5.82 Å². The van der Waals surface area contributed by atoms with E-state index in [2.05, 4.69) is 0 Å². The fraction of sp³-hybridized carbons (Fsp3) is 0.462. The second-order valence-corrected chi connectivity index (χ2v) is 5.57. The minimum atomic E-state index is -0.669.